The summed E-state index contributed by atoms with van der Waals surface area (Å²) in [5, 5.41) is 0.952. The highest BCUT2D eigenvalue weighted by atomic mass is 16.5. The molecule has 0 radical (unpaired) electrons. The quantitative estimate of drug-likeness (QED) is 0.238. The minimum absolute atomic E-state index is 0.398. The standard InChI is InChI=1S/C33H30N4O2/c34-32(38)23-11-14-28(31(19-23)39-26-18-24-15-16-35-33(24)36-20-26)22-9-12-25(13-10-22)37-17-3-6-30(37)29-5-2-1-4-27(29)21-7-8-21/h1-2,4-5,9-16,18-21,30H,3,6-8,17H2,(H2,34,38)(H,35,36)/t30-/m0/s1. The molecule has 1 saturated carbocycles. The Bertz CT molecular complexity index is 1670. The van der Waals surface area contributed by atoms with Crippen LogP contribution in [-0.4, -0.2) is 22.4 Å². The fraction of sp³-hybridized carbons (Fsp3) is 0.212. The van der Waals surface area contributed by atoms with Crippen molar-refractivity contribution in [3.63, 3.8) is 0 Å². The van der Waals surface area contributed by atoms with E-state index in [4.69, 9.17) is 10.5 Å². The lowest BCUT2D eigenvalue weighted by Gasteiger charge is -2.29. The van der Waals surface area contributed by atoms with E-state index in [-0.39, 0.29) is 0 Å². The Balaban J connectivity index is 1.20. The number of aromatic nitrogens is 2. The van der Waals surface area contributed by atoms with Gasteiger partial charge in [-0.1, -0.05) is 36.4 Å². The van der Waals surface area contributed by atoms with Gasteiger partial charge in [0.05, 0.1) is 12.2 Å². The molecule has 194 valence electrons. The number of hydrogen-bond donors (Lipinski definition) is 2. The highest BCUT2D eigenvalue weighted by Gasteiger charge is 2.32. The molecule has 0 unspecified atom stereocenters. The molecule has 3 heterocycles. The van der Waals surface area contributed by atoms with Gasteiger partial charge in [-0.05, 0) is 90.8 Å². The minimum atomic E-state index is -0.493. The highest BCUT2D eigenvalue weighted by molar-refractivity contribution is 5.94. The summed E-state index contributed by atoms with van der Waals surface area (Å²) in [5.74, 6) is 1.40. The number of carbonyl (C=O) groups is 1. The van der Waals surface area contributed by atoms with Gasteiger partial charge in [0.25, 0.3) is 0 Å². The molecule has 3 N–H and O–H groups in total. The van der Waals surface area contributed by atoms with E-state index in [9.17, 15) is 4.79 Å². The molecule has 1 saturated heterocycles. The summed E-state index contributed by atoms with van der Waals surface area (Å²) in [6.07, 6.45) is 8.52. The van der Waals surface area contributed by atoms with Crippen LogP contribution in [0.5, 0.6) is 11.5 Å². The second-order valence-electron chi connectivity index (χ2n) is 10.6. The average molecular weight is 515 g/mol. The van der Waals surface area contributed by atoms with Crippen molar-refractivity contribution in [1.82, 2.24) is 9.97 Å². The number of hydrogen-bond acceptors (Lipinski definition) is 4. The molecule has 2 aliphatic rings. The van der Waals surface area contributed by atoms with E-state index in [1.165, 1.54) is 42.5 Å². The van der Waals surface area contributed by atoms with E-state index in [2.05, 4.69) is 63.4 Å². The maximum absolute atomic E-state index is 11.9. The first-order valence-electron chi connectivity index (χ1n) is 13.6. The molecule has 2 aromatic heterocycles. The van der Waals surface area contributed by atoms with Crippen molar-refractivity contribution in [2.24, 2.45) is 5.73 Å². The highest BCUT2D eigenvalue weighted by Crippen LogP contribution is 2.46. The van der Waals surface area contributed by atoms with Crippen molar-refractivity contribution >= 4 is 22.6 Å². The molecule has 1 aliphatic carbocycles. The number of nitrogens with one attached hydrogen (secondary N) is 1. The summed E-state index contributed by atoms with van der Waals surface area (Å²) in [6, 6.07) is 27.3. The number of carbonyl (C=O) groups excluding carboxylic acids is 1. The Labute approximate surface area is 227 Å². The summed E-state index contributed by atoms with van der Waals surface area (Å²) < 4.78 is 6.28. The SMILES string of the molecule is NC(=O)c1ccc(-c2ccc(N3CCC[C@H]3c3ccccc3C3CC3)cc2)c(Oc2cnc3[nH]ccc3c2)c1. The molecule has 5 aromatic rings. The van der Waals surface area contributed by atoms with E-state index in [1.54, 1.807) is 18.3 Å². The van der Waals surface area contributed by atoms with Gasteiger partial charge in [0.2, 0.25) is 5.91 Å². The third kappa shape index (κ3) is 4.52. The van der Waals surface area contributed by atoms with Crippen molar-refractivity contribution in [3.8, 4) is 22.6 Å². The monoisotopic (exact) mass is 514 g/mol. The summed E-state index contributed by atoms with van der Waals surface area (Å²) in [6.45, 7) is 1.05. The zero-order valence-electron chi connectivity index (χ0n) is 21.6. The number of rotatable bonds is 7. The van der Waals surface area contributed by atoms with Gasteiger partial charge in [-0.2, -0.15) is 0 Å². The lowest BCUT2D eigenvalue weighted by molar-refractivity contribution is 0.1000. The average Bonchev–Trinajstić information content (AvgIpc) is 3.50. The predicted molar refractivity (Wildman–Crippen MR) is 154 cm³/mol. The number of fused-ring (bicyclic) bond motifs is 1. The fourth-order valence-electron chi connectivity index (χ4n) is 5.91. The number of primary amides is 1. The molecule has 39 heavy (non-hydrogen) atoms. The van der Waals surface area contributed by atoms with E-state index in [0.717, 1.165) is 34.6 Å². The molecular weight excluding hydrogens is 484 g/mol. The zero-order valence-corrected chi connectivity index (χ0v) is 21.6. The van der Waals surface area contributed by atoms with Gasteiger partial charge in [0, 0.05) is 34.9 Å². The minimum Gasteiger partial charge on any atom is -0.455 e. The van der Waals surface area contributed by atoms with Crippen LogP contribution in [0.2, 0.25) is 0 Å². The smallest absolute Gasteiger partial charge is 0.248 e. The molecule has 1 amide bonds. The maximum Gasteiger partial charge on any atom is 0.248 e. The Morgan fingerprint density at radius 1 is 0.949 bits per heavy atom. The summed E-state index contributed by atoms with van der Waals surface area (Å²) in [5.41, 5.74) is 12.9. The van der Waals surface area contributed by atoms with Crippen molar-refractivity contribution < 1.29 is 9.53 Å². The molecular formula is C33H30N4O2. The number of anilines is 1. The number of nitrogens with zero attached hydrogens (tertiary/aromatic N) is 2. The summed E-state index contributed by atoms with van der Waals surface area (Å²) in [4.78, 5) is 22.0. The van der Waals surface area contributed by atoms with Crippen molar-refractivity contribution in [1.29, 1.82) is 0 Å². The Morgan fingerprint density at radius 2 is 1.77 bits per heavy atom. The molecule has 6 heteroatoms. The van der Waals surface area contributed by atoms with Crippen LogP contribution in [0, 0.1) is 0 Å². The first kappa shape index (κ1) is 23.5. The van der Waals surface area contributed by atoms with Gasteiger partial charge in [0.1, 0.15) is 17.1 Å². The number of ether oxygens (including phenoxy) is 1. The number of aromatic amines is 1. The second kappa shape index (κ2) is 9.62. The van der Waals surface area contributed by atoms with Crippen molar-refractivity contribution in [3.05, 3.63) is 108 Å². The van der Waals surface area contributed by atoms with Gasteiger partial charge in [-0.3, -0.25) is 4.79 Å². The van der Waals surface area contributed by atoms with E-state index < -0.39 is 5.91 Å². The normalized spacial score (nSPS) is 17.0. The first-order chi connectivity index (χ1) is 19.1. The Kier molecular flexibility index (Phi) is 5.81. The largest absolute Gasteiger partial charge is 0.455 e. The van der Waals surface area contributed by atoms with Crippen molar-refractivity contribution in [2.45, 2.75) is 37.6 Å². The van der Waals surface area contributed by atoms with Gasteiger partial charge >= 0.3 is 0 Å². The van der Waals surface area contributed by atoms with E-state index in [1.807, 2.05) is 24.4 Å². The first-order valence-corrected chi connectivity index (χ1v) is 13.6. The molecule has 1 aliphatic heterocycles. The Morgan fingerprint density at radius 3 is 2.56 bits per heavy atom. The van der Waals surface area contributed by atoms with Crippen LogP contribution in [-0.2, 0) is 0 Å². The van der Waals surface area contributed by atoms with E-state index >= 15 is 0 Å². The third-order valence-corrected chi connectivity index (χ3v) is 8.00. The third-order valence-electron chi connectivity index (χ3n) is 8.00. The molecule has 7 rings (SSSR count). The van der Waals surface area contributed by atoms with Crippen molar-refractivity contribution in [2.75, 3.05) is 11.4 Å². The number of amides is 1. The van der Waals surface area contributed by atoms with Crippen LogP contribution in [0.25, 0.3) is 22.2 Å². The summed E-state index contributed by atoms with van der Waals surface area (Å²) in [7, 11) is 0. The van der Waals surface area contributed by atoms with Gasteiger partial charge in [-0.25, -0.2) is 4.98 Å². The zero-order chi connectivity index (χ0) is 26.3. The molecule has 3 aromatic carbocycles. The lowest BCUT2D eigenvalue weighted by Crippen LogP contribution is -2.23. The van der Waals surface area contributed by atoms with Gasteiger partial charge < -0.3 is 20.4 Å². The number of nitrogens with two attached hydrogens (primary N) is 1. The van der Waals surface area contributed by atoms with Crippen LogP contribution < -0.4 is 15.4 Å². The van der Waals surface area contributed by atoms with E-state index in [0.29, 0.717) is 23.1 Å². The second-order valence-corrected chi connectivity index (χ2v) is 10.6. The number of benzene rings is 3. The van der Waals surface area contributed by atoms with Crippen LogP contribution in [0.3, 0.4) is 0 Å². The Hall–Kier alpha value is -4.58. The van der Waals surface area contributed by atoms with Crippen LogP contribution in [0.1, 0.15) is 59.1 Å². The summed E-state index contributed by atoms with van der Waals surface area (Å²) >= 11 is 0. The fourth-order valence-corrected chi connectivity index (χ4v) is 5.91. The predicted octanol–water partition coefficient (Wildman–Crippen LogP) is 7.34. The van der Waals surface area contributed by atoms with Gasteiger partial charge in [0.15, 0.2) is 0 Å². The van der Waals surface area contributed by atoms with Crippen LogP contribution in [0.4, 0.5) is 5.69 Å². The van der Waals surface area contributed by atoms with Crippen LogP contribution in [0.15, 0.2) is 91.3 Å². The molecule has 0 bridgehead atoms. The number of H-pyrrole nitrogens is 1. The molecule has 2 fully saturated rings. The van der Waals surface area contributed by atoms with Crippen LogP contribution >= 0.6 is 0 Å². The maximum atomic E-state index is 11.9. The topological polar surface area (TPSA) is 84.2 Å². The molecule has 6 nitrogen and oxygen atoms in total. The van der Waals surface area contributed by atoms with Gasteiger partial charge in [-0.15, -0.1) is 0 Å². The lowest BCUT2D eigenvalue weighted by atomic mass is 9.95. The number of pyridine rings is 1. The molecule has 1 atom stereocenters. The molecule has 0 spiro atoms.